The number of nitriles is 1. The van der Waals surface area contributed by atoms with Crippen LogP contribution in [0.5, 0.6) is 0 Å². The van der Waals surface area contributed by atoms with E-state index in [1.807, 2.05) is 36.4 Å². The zero-order valence-corrected chi connectivity index (χ0v) is 12.2. The van der Waals surface area contributed by atoms with E-state index in [4.69, 9.17) is 16.9 Å². The largest absolute Gasteiger partial charge is 0.288 e. The molecule has 0 N–H and O–H groups in total. The number of hydrogen-bond donors (Lipinski definition) is 0. The van der Waals surface area contributed by atoms with Crippen LogP contribution < -0.4 is 0 Å². The summed E-state index contributed by atoms with van der Waals surface area (Å²) in [6.07, 6.45) is 2.96. The molecule has 2 nitrogen and oxygen atoms in total. The molecule has 2 aromatic carbocycles. The summed E-state index contributed by atoms with van der Waals surface area (Å²) in [5.41, 5.74) is 0.984. The van der Waals surface area contributed by atoms with E-state index in [-0.39, 0.29) is 16.2 Å². The molecule has 0 fully saturated rings. The van der Waals surface area contributed by atoms with E-state index in [9.17, 15) is 9.18 Å². The molecular formula is C18H11ClFNO. The van der Waals surface area contributed by atoms with Crippen LogP contribution in [0, 0.1) is 17.1 Å². The van der Waals surface area contributed by atoms with E-state index in [0.717, 1.165) is 5.56 Å². The van der Waals surface area contributed by atoms with E-state index in [0.29, 0.717) is 0 Å². The van der Waals surface area contributed by atoms with Gasteiger partial charge in [0.05, 0.1) is 0 Å². The smallest absolute Gasteiger partial charge is 0.203 e. The second-order valence-corrected chi connectivity index (χ2v) is 4.88. The average molecular weight is 312 g/mol. The molecule has 0 radical (unpaired) electrons. The lowest BCUT2D eigenvalue weighted by Gasteiger charge is -1.99. The molecule has 0 aliphatic carbocycles. The van der Waals surface area contributed by atoms with E-state index < -0.39 is 11.6 Å². The molecule has 0 saturated carbocycles. The fourth-order valence-electron chi connectivity index (χ4n) is 1.79. The Morgan fingerprint density at radius 3 is 2.32 bits per heavy atom. The highest BCUT2D eigenvalue weighted by atomic mass is 35.5. The summed E-state index contributed by atoms with van der Waals surface area (Å²) in [5, 5.41) is 9.39. The molecule has 0 aromatic heterocycles. The average Bonchev–Trinajstić information content (AvgIpc) is 2.53. The van der Waals surface area contributed by atoms with Crippen LogP contribution in [0.25, 0.3) is 6.08 Å². The van der Waals surface area contributed by atoms with Crippen LogP contribution in [0.2, 0.25) is 0 Å². The first-order valence-corrected chi connectivity index (χ1v) is 6.82. The molecule has 0 amide bonds. The number of benzene rings is 2. The van der Waals surface area contributed by atoms with Crippen molar-refractivity contribution in [3.05, 3.63) is 88.2 Å². The van der Waals surface area contributed by atoms with Crippen LogP contribution in [0.4, 0.5) is 4.39 Å². The van der Waals surface area contributed by atoms with Gasteiger partial charge in [-0.2, -0.15) is 5.26 Å². The molecular weight excluding hydrogens is 301 g/mol. The Kier molecular flexibility index (Phi) is 5.24. The van der Waals surface area contributed by atoms with Crippen molar-refractivity contribution in [2.45, 2.75) is 0 Å². The fraction of sp³-hybridized carbons (Fsp3) is 0. The Hall–Kier alpha value is -2.70. The highest BCUT2D eigenvalue weighted by Crippen LogP contribution is 2.16. The number of allylic oxidation sites excluding steroid dienone is 3. The van der Waals surface area contributed by atoms with Gasteiger partial charge in [0.25, 0.3) is 0 Å². The molecule has 0 spiro atoms. The van der Waals surface area contributed by atoms with E-state index >= 15 is 0 Å². The lowest BCUT2D eigenvalue weighted by molar-refractivity contribution is 0.103. The van der Waals surface area contributed by atoms with Gasteiger partial charge < -0.3 is 0 Å². The van der Waals surface area contributed by atoms with E-state index in [1.165, 1.54) is 30.3 Å². The third-order valence-electron chi connectivity index (χ3n) is 2.86. The van der Waals surface area contributed by atoms with Crippen molar-refractivity contribution in [3.63, 3.8) is 0 Å². The van der Waals surface area contributed by atoms with Crippen molar-refractivity contribution < 1.29 is 9.18 Å². The van der Waals surface area contributed by atoms with Gasteiger partial charge in [-0.3, -0.25) is 4.79 Å². The summed E-state index contributed by atoms with van der Waals surface area (Å²) in [5.74, 6) is -0.942. The first kappa shape index (κ1) is 15.7. The predicted molar refractivity (Wildman–Crippen MR) is 84.7 cm³/mol. The third kappa shape index (κ3) is 4.15. The Labute approximate surface area is 132 Å². The standard InChI is InChI=1S/C18H11ClFNO/c19-16(10-13-4-2-1-3-5-13)11-15(12-21)18(22)14-6-8-17(20)9-7-14/h1-11H/b15-11+,16-10-. The van der Waals surface area contributed by atoms with Gasteiger partial charge in [-0.15, -0.1) is 0 Å². The van der Waals surface area contributed by atoms with Gasteiger partial charge in [0.1, 0.15) is 17.5 Å². The van der Waals surface area contributed by atoms with E-state index in [2.05, 4.69) is 0 Å². The second kappa shape index (κ2) is 7.35. The van der Waals surface area contributed by atoms with Crippen LogP contribution in [0.1, 0.15) is 15.9 Å². The molecule has 0 saturated heterocycles. The maximum absolute atomic E-state index is 12.9. The minimum absolute atomic E-state index is 0.108. The molecule has 0 aliphatic rings. The van der Waals surface area contributed by atoms with Gasteiger partial charge in [0.2, 0.25) is 5.78 Å². The lowest BCUT2D eigenvalue weighted by Crippen LogP contribution is -2.02. The van der Waals surface area contributed by atoms with Crippen LogP contribution in [0.3, 0.4) is 0 Å². The fourth-order valence-corrected chi connectivity index (χ4v) is 2.03. The Bertz CT molecular complexity index is 771. The predicted octanol–water partition coefficient (Wildman–Crippen LogP) is 4.74. The zero-order chi connectivity index (χ0) is 15.9. The number of nitrogens with zero attached hydrogens (tertiary/aromatic N) is 1. The van der Waals surface area contributed by atoms with Crippen molar-refractivity contribution in [1.29, 1.82) is 5.26 Å². The number of carbonyl (C=O) groups is 1. The van der Waals surface area contributed by atoms with Crippen LogP contribution in [-0.2, 0) is 0 Å². The molecule has 0 unspecified atom stereocenters. The van der Waals surface area contributed by atoms with Crippen molar-refractivity contribution >= 4 is 23.5 Å². The molecule has 0 bridgehead atoms. The molecule has 108 valence electrons. The van der Waals surface area contributed by atoms with Crippen LogP contribution in [0.15, 0.2) is 71.3 Å². The highest BCUT2D eigenvalue weighted by Gasteiger charge is 2.12. The third-order valence-corrected chi connectivity index (χ3v) is 3.08. The molecule has 0 aliphatic heterocycles. The molecule has 2 aromatic rings. The van der Waals surface area contributed by atoms with Crippen molar-refractivity contribution in [3.8, 4) is 6.07 Å². The maximum Gasteiger partial charge on any atom is 0.203 e. The van der Waals surface area contributed by atoms with Gasteiger partial charge in [-0.25, -0.2) is 4.39 Å². The number of halogens is 2. The van der Waals surface area contributed by atoms with Crippen LogP contribution in [-0.4, -0.2) is 5.78 Å². The summed E-state index contributed by atoms with van der Waals surface area (Å²) < 4.78 is 12.9. The summed E-state index contributed by atoms with van der Waals surface area (Å²) in [7, 11) is 0. The Balaban J connectivity index is 2.27. The molecule has 2 rings (SSSR count). The summed E-state index contributed by atoms with van der Waals surface area (Å²) in [6.45, 7) is 0. The topological polar surface area (TPSA) is 40.9 Å². The molecule has 0 atom stereocenters. The van der Waals surface area contributed by atoms with Crippen molar-refractivity contribution in [2.24, 2.45) is 0 Å². The Morgan fingerprint density at radius 1 is 1.09 bits per heavy atom. The number of carbonyl (C=O) groups excluding carboxylic acids is 1. The van der Waals surface area contributed by atoms with Gasteiger partial charge in [-0.1, -0.05) is 41.9 Å². The maximum atomic E-state index is 12.9. The minimum Gasteiger partial charge on any atom is -0.288 e. The SMILES string of the molecule is N#C/C(=C\C(Cl)=C\c1ccccc1)C(=O)c1ccc(F)cc1. The summed E-state index contributed by atoms with van der Waals surface area (Å²) in [4.78, 5) is 12.2. The van der Waals surface area contributed by atoms with Gasteiger partial charge >= 0.3 is 0 Å². The van der Waals surface area contributed by atoms with Crippen molar-refractivity contribution in [1.82, 2.24) is 0 Å². The number of hydrogen-bond acceptors (Lipinski definition) is 2. The van der Waals surface area contributed by atoms with Gasteiger partial charge in [-0.05, 0) is 42.0 Å². The normalized spacial score (nSPS) is 11.9. The Morgan fingerprint density at radius 2 is 1.73 bits per heavy atom. The lowest BCUT2D eigenvalue weighted by atomic mass is 10.0. The quantitative estimate of drug-likeness (QED) is 0.354. The minimum atomic E-state index is -0.498. The number of rotatable bonds is 4. The van der Waals surface area contributed by atoms with Gasteiger partial charge in [0.15, 0.2) is 0 Å². The van der Waals surface area contributed by atoms with Crippen molar-refractivity contribution in [2.75, 3.05) is 0 Å². The molecule has 0 heterocycles. The summed E-state index contributed by atoms with van der Waals surface area (Å²) >= 11 is 6.07. The zero-order valence-electron chi connectivity index (χ0n) is 11.5. The monoisotopic (exact) mass is 311 g/mol. The molecule has 22 heavy (non-hydrogen) atoms. The first-order chi connectivity index (χ1) is 10.6. The molecule has 4 heteroatoms. The number of ketones is 1. The van der Waals surface area contributed by atoms with Crippen LogP contribution >= 0.6 is 11.6 Å². The second-order valence-electron chi connectivity index (χ2n) is 4.45. The summed E-state index contributed by atoms with van der Waals surface area (Å²) in [6, 6.07) is 16.1. The number of Topliss-reactive ketones (excluding diaryl/α,β-unsaturated/α-hetero) is 1. The first-order valence-electron chi connectivity index (χ1n) is 6.44. The highest BCUT2D eigenvalue weighted by molar-refractivity contribution is 6.33. The van der Waals surface area contributed by atoms with E-state index in [1.54, 1.807) is 6.08 Å². The van der Waals surface area contributed by atoms with Gasteiger partial charge in [0, 0.05) is 10.6 Å².